The van der Waals surface area contributed by atoms with Crippen LogP contribution in [0.1, 0.15) is 5.56 Å². The molecule has 0 aliphatic heterocycles. The zero-order valence-corrected chi connectivity index (χ0v) is 14.9. The molecule has 0 aliphatic rings. The fourth-order valence-electron chi connectivity index (χ4n) is 1.96. The highest BCUT2D eigenvalue weighted by Crippen LogP contribution is 2.20. The highest BCUT2D eigenvalue weighted by molar-refractivity contribution is 7.92. The minimum absolute atomic E-state index is 0.251. The van der Waals surface area contributed by atoms with E-state index in [2.05, 4.69) is 10.6 Å². The molecule has 8 heteroatoms. The van der Waals surface area contributed by atoms with Crippen molar-refractivity contribution in [2.24, 2.45) is 0 Å². The molecule has 0 bridgehead atoms. The van der Waals surface area contributed by atoms with Gasteiger partial charge in [-0.1, -0.05) is 24.3 Å². The molecule has 0 fully saturated rings. The van der Waals surface area contributed by atoms with Crippen LogP contribution >= 0.6 is 12.2 Å². The molecule has 0 saturated carbocycles. The van der Waals surface area contributed by atoms with E-state index in [-0.39, 0.29) is 12.4 Å². The first-order chi connectivity index (χ1) is 11.3. The molecule has 0 radical (unpaired) electrons. The largest absolute Gasteiger partial charge is 0.358 e. The summed E-state index contributed by atoms with van der Waals surface area (Å²) in [6, 6.07) is 13.3. The molecule has 0 aromatic heterocycles. The number of benzene rings is 2. The normalized spacial score (nSPS) is 11.0. The molecule has 0 spiro atoms. The van der Waals surface area contributed by atoms with Gasteiger partial charge in [-0.25, -0.2) is 12.8 Å². The second-order valence-electron chi connectivity index (χ2n) is 5.18. The Hall–Kier alpha value is -2.19. The van der Waals surface area contributed by atoms with Crippen LogP contribution in [0.2, 0.25) is 0 Å². The first kappa shape index (κ1) is 18.2. The lowest BCUT2D eigenvalue weighted by atomic mass is 10.2. The van der Waals surface area contributed by atoms with Gasteiger partial charge in [0.05, 0.1) is 11.9 Å². The quantitative estimate of drug-likeness (QED) is 0.796. The van der Waals surface area contributed by atoms with E-state index in [0.717, 1.165) is 6.26 Å². The van der Waals surface area contributed by atoms with Crippen molar-refractivity contribution >= 4 is 38.7 Å². The molecule has 5 nitrogen and oxygen atoms in total. The molecule has 2 aromatic rings. The summed E-state index contributed by atoms with van der Waals surface area (Å²) in [6.45, 7) is 0.251. The van der Waals surface area contributed by atoms with Crippen LogP contribution in [0.4, 0.5) is 15.8 Å². The van der Waals surface area contributed by atoms with E-state index < -0.39 is 10.0 Å². The van der Waals surface area contributed by atoms with Crippen molar-refractivity contribution in [1.29, 1.82) is 0 Å². The molecule has 128 valence electrons. The summed E-state index contributed by atoms with van der Waals surface area (Å²) in [5.74, 6) is -0.301. The van der Waals surface area contributed by atoms with Crippen molar-refractivity contribution in [3.63, 3.8) is 0 Å². The van der Waals surface area contributed by atoms with Gasteiger partial charge >= 0.3 is 0 Å². The molecular formula is C16H18FN3O2S2. The van der Waals surface area contributed by atoms with Gasteiger partial charge in [-0.2, -0.15) is 0 Å². The summed E-state index contributed by atoms with van der Waals surface area (Å²) < 4.78 is 37.9. The van der Waals surface area contributed by atoms with Gasteiger partial charge in [0.1, 0.15) is 5.82 Å². The topological polar surface area (TPSA) is 61.4 Å². The van der Waals surface area contributed by atoms with E-state index in [1.165, 1.54) is 17.4 Å². The molecule has 24 heavy (non-hydrogen) atoms. The Kier molecular flexibility index (Phi) is 5.74. The predicted molar refractivity (Wildman–Crippen MR) is 99.1 cm³/mol. The van der Waals surface area contributed by atoms with Crippen LogP contribution < -0.4 is 14.9 Å². The maximum absolute atomic E-state index is 13.6. The van der Waals surface area contributed by atoms with Crippen LogP contribution in [-0.4, -0.2) is 26.8 Å². The average Bonchev–Trinajstić information content (AvgIpc) is 2.53. The number of hydrogen-bond donors (Lipinski definition) is 2. The number of nitrogens with zero attached hydrogens (tertiary/aromatic N) is 1. The van der Waals surface area contributed by atoms with Crippen molar-refractivity contribution in [1.82, 2.24) is 5.32 Å². The van der Waals surface area contributed by atoms with Crippen LogP contribution in [0.3, 0.4) is 0 Å². The Bertz CT molecular complexity index is 841. The first-order valence-corrected chi connectivity index (χ1v) is 9.35. The molecule has 0 saturated heterocycles. The molecule has 0 unspecified atom stereocenters. The predicted octanol–water partition coefficient (Wildman–Crippen LogP) is 2.71. The number of hydrogen-bond acceptors (Lipinski definition) is 3. The third-order valence-corrected chi connectivity index (χ3v) is 4.81. The molecule has 2 rings (SSSR count). The highest BCUT2D eigenvalue weighted by Gasteiger charge is 2.12. The smallest absolute Gasteiger partial charge is 0.231 e. The van der Waals surface area contributed by atoms with Gasteiger partial charge in [0.25, 0.3) is 0 Å². The first-order valence-electron chi connectivity index (χ1n) is 7.09. The monoisotopic (exact) mass is 367 g/mol. The van der Waals surface area contributed by atoms with Crippen LogP contribution in [0.15, 0.2) is 48.5 Å². The standard InChI is InChI=1S/C16H18FN3O2S2/c1-20(24(2,21)22)14-8-5-7-13(10-14)19-16(23)18-11-12-6-3-4-9-15(12)17/h3-10H,11H2,1-2H3,(H2,18,19,23). The Morgan fingerprint density at radius 1 is 1.21 bits per heavy atom. The van der Waals surface area contributed by atoms with Gasteiger partial charge in [0, 0.05) is 24.8 Å². The van der Waals surface area contributed by atoms with E-state index in [9.17, 15) is 12.8 Å². The van der Waals surface area contributed by atoms with Gasteiger partial charge in [0.2, 0.25) is 10.0 Å². The molecule has 0 heterocycles. The summed E-state index contributed by atoms with van der Waals surface area (Å²) in [4.78, 5) is 0. The second-order valence-corrected chi connectivity index (χ2v) is 7.60. The SMILES string of the molecule is CN(c1cccc(NC(=S)NCc2ccccc2F)c1)S(C)(=O)=O. The van der Waals surface area contributed by atoms with Gasteiger partial charge in [-0.15, -0.1) is 0 Å². The Morgan fingerprint density at radius 2 is 1.92 bits per heavy atom. The summed E-state index contributed by atoms with van der Waals surface area (Å²) in [6.07, 6.45) is 1.13. The number of nitrogens with one attached hydrogen (secondary N) is 2. The molecule has 2 aromatic carbocycles. The maximum atomic E-state index is 13.6. The van der Waals surface area contributed by atoms with Crippen molar-refractivity contribution in [3.8, 4) is 0 Å². The number of thiocarbonyl (C=S) groups is 1. The van der Waals surface area contributed by atoms with Crippen LogP contribution in [0.25, 0.3) is 0 Å². The highest BCUT2D eigenvalue weighted by atomic mass is 32.2. The minimum Gasteiger partial charge on any atom is -0.358 e. The fraction of sp³-hybridized carbons (Fsp3) is 0.188. The van der Waals surface area contributed by atoms with Gasteiger partial charge in [0.15, 0.2) is 5.11 Å². The van der Waals surface area contributed by atoms with E-state index in [4.69, 9.17) is 12.2 Å². The molecule has 2 N–H and O–H groups in total. The van der Waals surface area contributed by atoms with E-state index in [0.29, 0.717) is 22.1 Å². The third-order valence-electron chi connectivity index (χ3n) is 3.36. The summed E-state index contributed by atoms with van der Waals surface area (Å²) in [7, 11) is -1.86. The Balaban J connectivity index is 2.01. The number of anilines is 2. The zero-order chi connectivity index (χ0) is 17.7. The van der Waals surface area contributed by atoms with Crippen molar-refractivity contribution < 1.29 is 12.8 Å². The number of rotatable bonds is 5. The average molecular weight is 367 g/mol. The van der Waals surface area contributed by atoms with E-state index in [1.54, 1.807) is 42.5 Å². The van der Waals surface area contributed by atoms with Gasteiger partial charge in [-0.3, -0.25) is 4.31 Å². The maximum Gasteiger partial charge on any atom is 0.231 e. The molecular weight excluding hydrogens is 349 g/mol. The Labute approximate surface area is 146 Å². The van der Waals surface area contributed by atoms with Crippen LogP contribution in [0.5, 0.6) is 0 Å². The lowest BCUT2D eigenvalue weighted by Crippen LogP contribution is -2.28. The van der Waals surface area contributed by atoms with Crippen molar-refractivity contribution in [3.05, 3.63) is 59.9 Å². The van der Waals surface area contributed by atoms with Crippen LogP contribution in [-0.2, 0) is 16.6 Å². The second kappa shape index (κ2) is 7.59. The third kappa shape index (κ3) is 4.90. The van der Waals surface area contributed by atoms with Crippen molar-refractivity contribution in [2.75, 3.05) is 22.9 Å². The molecule has 0 amide bonds. The van der Waals surface area contributed by atoms with E-state index in [1.807, 2.05) is 0 Å². The minimum atomic E-state index is -3.34. The summed E-state index contributed by atoms with van der Waals surface area (Å²) in [5.41, 5.74) is 1.65. The van der Waals surface area contributed by atoms with Crippen molar-refractivity contribution in [2.45, 2.75) is 6.54 Å². The summed E-state index contributed by atoms with van der Waals surface area (Å²) in [5, 5.41) is 6.19. The number of halogens is 1. The number of sulfonamides is 1. The fourth-order valence-corrected chi connectivity index (χ4v) is 2.65. The lowest BCUT2D eigenvalue weighted by Gasteiger charge is -2.18. The van der Waals surface area contributed by atoms with E-state index >= 15 is 0 Å². The molecule has 0 atom stereocenters. The van der Waals surface area contributed by atoms with Gasteiger partial charge < -0.3 is 10.6 Å². The Morgan fingerprint density at radius 3 is 2.58 bits per heavy atom. The lowest BCUT2D eigenvalue weighted by molar-refractivity contribution is 0.600. The van der Waals surface area contributed by atoms with Crippen LogP contribution in [0, 0.1) is 5.82 Å². The van der Waals surface area contributed by atoms with Gasteiger partial charge in [-0.05, 0) is 36.5 Å². The molecule has 0 aliphatic carbocycles. The zero-order valence-electron chi connectivity index (χ0n) is 13.3. The summed E-state index contributed by atoms with van der Waals surface area (Å²) >= 11 is 5.18.